The highest BCUT2D eigenvalue weighted by Gasteiger charge is 2.10. The van der Waals surface area contributed by atoms with Crippen LogP contribution in [0, 0.1) is 0 Å². The summed E-state index contributed by atoms with van der Waals surface area (Å²) in [5.74, 6) is 1.17. The van der Waals surface area contributed by atoms with Gasteiger partial charge in [-0.2, -0.15) is 0 Å². The minimum Gasteiger partial charge on any atom is -0.399 e. The maximum absolute atomic E-state index is 5.76. The number of benzene rings is 1. The molecule has 0 unspecified atom stereocenters. The van der Waals surface area contributed by atoms with Crippen LogP contribution in [-0.4, -0.2) is 15.9 Å². The molecule has 0 amide bonds. The number of imidazole rings is 1. The van der Waals surface area contributed by atoms with Crippen molar-refractivity contribution in [1.82, 2.24) is 9.38 Å². The van der Waals surface area contributed by atoms with Gasteiger partial charge < -0.3 is 10.6 Å². The Morgan fingerprint density at radius 3 is 2.71 bits per heavy atom. The monoisotopic (exact) mass is 280 g/mol. The van der Waals surface area contributed by atoms with Crippen LogP contribution in [0.4, 0.5) is 11.5 Å². The van der Waals surface area contributed by atoms with Crippen LogP contribution in [0.15, 0.2) is 54.9 Å². The van der Waals surface area contributed by atoms with Gasteiger partial charge in [-0.1, -0.05) is 25.1 Å². The van der Waals surface area contributed by atoms with Gasteiger partial charge in [0, 0.05) is 31.2 Å². The lowest BCUT2D eigenvalue weighted by Crippen LogP contribution is -2.25. The Morgan fingerprint density at radius 2 is 1.95 bits per heavy atom. The van der Waals surface area contributed by atoms with Gasteiger partial charge in [-0.25, -0.2) is 4.98 Å². The lowest BCUT2D eigenvalue weighted by atomic mass is 10.2. The molecule has 0 aliphatic rings. The van der Waals surface area contributed by atoms with Crippen LogP contribution in [0.5, 0.6) is 0 Å². The molecule has 0 aliphatic heterocycles. The highest BCUT2D eigenvalue weighted by atomic mass is 15.2. The van der Waals surface area contributed by atoms with E-state index in [1.807, 2.05) is 30.6 Å². The second-order valence-corrected chi connectivity index (χ2v) is 5.20. The second kappa shape index (κ2) is 5.87. The van der Waals surface area contributed by atoms with Crippen LogP contribution in [0.1, 0.15) is 18.9 Å². The van der Waals surface area contributed by atoms with E-state index < -0.39 is 0 Å². The Hall–Kier alpha value is -2.49. The molecule has 2 heterocycles. The normalized spacial score (nSPS) is 10.9. The minimum absolute atomic E-state index is 0.803. The molecule has 4 nitrogen and oxygen atoms in total. The van der Waals surface area contributed by atoms with Gasteiger partial charge in [0.15, 0.2) is 0 Å². The maximum atomic E-state index is 5.76. The SMILES string of the molecule is CCCN(Cc1ccc(N)cc1)c1cccc2nccn12. The molecule has 3 aromatic rings. The Bertz CT molecular complexity index is 715. The first kappa shape index (κ1) is 13.5. The molecule has 108 valence electrons. The Kier molecular flexibility index (Phi) is 3.77. The van der Waals surface area contributed by atoms with Gasteiger partial charge in [0.05, 0.1) is 0 Å². The minimum atomic E-state index is 0.803. The van der Waals surface area contributed by atoms with Crippen molar-refractivity contribution in [3.63, 3.8) is 0 Å². The number of anilines is 2. The van der Waals surface area contributed by atoms with Crippen LogP contribution in [0.25, 0.3) is 5.65 Å². The summed E-state index contributed by atoms with van der Waals surface area (Å²) in [4.78, 5) is 6.74. The van der Waals surface area contributed by atoms with Crippen molar-refractivity contribution in [2.24, 2.45) is 0 Å². The Balaban J connectivity index is 1.93. The largest absolute Gasteiger partial charge is 0.399 e. The van der Waals surface area contributed by atoms with Gasteiger partial charge in [-0.15, -0.1) is 0 Å². The van der Waals surface area contributed by atoms with Crippen LogP contribution < -0.4 is 10.6 Å². The molecule has 1 aromatic carbocycles. The molecule has 0 saturated carbocycles. The summed E-state index contributed by atoms with van der Waals surface area (Å²) >= 11 is 0. The van der Waals surface area contributed by atoms with Gasteiger partial charge in [0.2, 0.25) is 0 Å². The lowest BCUT2D eigenvalue weighted by Gasteiger charge is -2.25. The number of nitrogens with zero attached hydrogens (tertiary/aromatic N) is 3. The number of hydrogen-bond donors (Lipinski definition) is 1. The predicted molar refractivity (Wildman–Crippen MR) is 87.4 cm³/mol. The van der Waals surface area contributed by atoms with E-state index in [1.54, 1.807) is 0 Å². The van der Waals surface area contributed by atoms with E-state index in [-0.39, 0.29) is 0 Å². The second-order valence-electron chi connectivity index (χ2n) is 5.20. The molecular formula is C17H20N4. The topological polar surface area (TPSA) is 46.6 Å². The maximum Gasteiger partial charge on any atom is 0.138 e. The van der Waals surface area contributed by atoms with Gasteiger partial charge >= 0.3 is 0 Å². The summed E-state index contributed by atoms with van der Waals surface area (Å²) in [5, 5.41) is 0. The van der Waals surface area contributed by atoms with Gasteiger partial charge in [-0.3, -0.25) is 4.40 Å². The summed E-state index contributed by atoms with van der Waals surface area (Å²) < 4.78 is 2.13. The van der Waals surface area contributed by atoms with Crippen molar-refractivity contribution in [3.05, 3.63) is 60.4 Å². The summed E-state index contributed by atoms with van der Waals surface area (Å²) in [6, 6.07) is 14.3. The van der Waals surface area contributed by atoms with Crippen molar-refractivity contribution in [2.45, 2.75) is 19.9 Å². The quantitative estimate of drug-likeness (QED) is 0.729. The third-order valence-electron chi connectivity index (χ3n) is 3.58. The average molecular weight is 280 g/mol. The highest BCUT2D eigenvalue weighted by molar-refractivity contribution is 5.52. The standard InChI is InChI=1S/C17H20N4/c1-2-11-20(13-14-6-8-15(18)9-7-14)17-5-3-4-16-19-10-12-21(16)17/h3-10,12H,2,11,13,18H2,1H3. The van der Waals surface area contributed by atoms with E-state index in [1.165, 1.54) is 11.4 Å². The smallest absolute Gasteiger partial charge is 0.138 e. The number of fused-ring (bicyclic) bond motifs is 1. The fourth-order valence-electron chi connectivity index (χ4n) is 2.58. The molecular weight excluding hydrogens is 260 g/mol. The zero-order chi connectivity index (χ0) is 14.7. The van der Waals surface area contributed by atoms with Crippen molar-refractivity contribution in [1.29, 1.82) is 0 Å². The summed E-state index contributed by atoms with van der Waals surface area (Å²) in [6.45, 7) is 4.07. The van der Waals surface area contributed by atoms with Crippen LogP contribution in [-0.2, 0) is 6.54 Å². The summed E-state index contributed by atoms with van der Waals surface area (Å²) in [5.41, 5.74) is 8.80. The lowest BCUT2D eigenvalue weighted by molar-refractivity contribution is 0.748. The molecule has 0 atom stereocenters. The number of rotatable bonds is 5. The van der Waals surface area contributed by atoms with Gasteiger partial charge in [0.25, 0.3) is 0 Å². The van der Waals surface area contributed by atoms with E-state index in [9.17, 15) is 0 Å². The van der Waals surface area contributed by atoms with E-state index in [2.05, 4.69) is 45.5 Å². The number of nitrogens with two attached hydrogens (primary N) is 1. The summed E-state index contributed by atoms with van der Waals surface area (Å²) in [7, 11) is 0. The molecule has 0 radical (unpaired) electrons. The van der Waals surface area contributed by atoms with Crippen LogP contribution in [0.2, 0.25) is 0 Å². The first-order valence-electron chi connectivity index (χ1n) is 7.29. The Labute approximate surface area is 124 Å². The van der Waals surface area contributed by atoms with E-state index >= 15 is 0 Å². The number of hydrogen-bond acceptors (Lipinski definition) is 3. The third kappa shape index (κ3) is 2.84. The highest BCUT2D eigenvalue weighted by Crippen LogP contribution is 2.20. The number of aromatic nitrogens is 2. The molecule has 0 spiro atoms. The molecule has 4 heteroatoms. The molecule has 3 rings (SSSR count). The van der Waals surface area contributed by atoms with Gasteiger partial charge in [0.1, 0.15) is 11.5 Å². The molecule has 0 bridgehead atoms. The van der Waals surface area contributed by atoms with Crippen molar-refractivity contribution < 1.29 is 0 Å². The molecule has 2 N–H and O–H groups in total. The van der Waals surface area contributed by atoms with Crippen molar-refractivity contribution in [3.8, 4) is 0 Å². The zero-order valence-corrected chi connectivity index (χ0v) is 12.2. The van der Waals surface area contributed by atoms with E-state index in [0.29, 0.717) is 0 Å². The molecule has 0 fully saturated rings. The zero-order valence-electron chi connectivity index (χ0n) is 12.2. The Morgan fingerprint density at radius 1 is 1.14 bits per heavy atom. The first-order valence-corrected chi connectivity index (χ1v) is 7.29. The molecule has 0 saturated heterocycles. The van der Waals surface area contributed by atoms with Crippen molar-refractivity contribution in [2.75, 3.05) is 17.2 Å². The molecule has 21 heavy (non-hydrogen) atoms. The van der Waals surface area contributed by atoms with Gasteiger partial charge in [-0.05, 0) is 36.2 Å². The summed E-state index contributed by atoms with van der Waals surface area (Å²) in [6.07, 6.45) is 4.95. The average Bonchev–Trinajstić information content (AvgIpc) is 2.97. The van der Waals surface area contributed by atoms with E-state index in [4.69, 9.17) is 5.73 Å². The molecule has 0 aliphatic carbocycles. The van der Waals surface area contributed by atoms with Crippen molar-refractivity contribution >= 4 is 17.2 Å². The van der Waals surface area contributed by atoms with E-state index in [0.717, 1.165) is 30.8 Å². The first-order chi connectivity index (χ1) is 10.3. The molecule has 2 aromatic heterocycles. The fraction of sp³-hybridized carbons (Fsp3) is 0.235. The van der Waals surface area contributed by atoms with Crippen LogP contribution in [0.3, 0.4) is 0 Å². The third-order valence-corrected chi connectivity index (χ3v) is 3.58. The number of nitrogen functional groups attached to an aromatic ring is 1. The van der Waals surface area contributed by atoms with Crippen LogP contribution >= 0.6 is 0 Å². The number of pyridine rings is 1. The fourth-order valence-corrected chi connectivity index (χ4v) is 2.58. The predicted octanol–water partition coefficient (Wildman–Crippen LogP) is 3.33.